The predicted molar refractivity (Wildman–Crippen MR) is 122 cm³/mol. The first-order valence-corrected chi connectivity index (χ1v) is 9.68. The molecule has 0 amide bonds. The van der Waals surface area contributed by atoms with Gasteiger partial charge < -0.3 is 29.6 Å². The molecule has 0 radical (unpaired) electrons. The van der Waals surface area contributed by atoms with Gasteiger partial charge in [-0.2, -0.15) is 0 Å². The van der Waals surface area contributed by atoms with Crippen molar-refractivity contribution in [3.63, 3.8) is 0 Å². The molecule has 28 heavy (non-hydrogen) atoms. The van der Waals surface area contributed by atoms with Crippen LogP contribution in [0.15, 0.2) is 29.3 Å². The molecule has 1 heterocycles. The largest absolute Gasteiger partial charge is 0.497 e. The first-order chi connectivity index (χ1) is 13.3. The van der Waals surface area contributed by atoms with Crippen LogP contribution in [0.2, 0.25) is 0 Å². The maximum Gasteiger partial charge on any atom is 0.190 e. The van der Waals surface area contributed by atoms with E-state index in [1.807, 2.05) is 24.3 Å². The zero-order chi connectivity index (χ0) is 19.2. The Morgan fingerprint density at radius 3 is 2.61 bits per heavy atom. The second kappa shape index (κ2) is 15.6. The van der Waals surface area contributed by atoms with E-state index in [1.165, 1.54) is 0 Å². The van der Waals surface area contributed by atoms with Gasteiger partial charge in [-0.1, -0.05) is 6.07 Å². The molecule has 1 atom stereocenters. The molecule has 1 aromatic rings. The lowest BCUT2D eigenvalue weighted by Crippen LogP contribution is -2.38. The third kappa shape index (κ3) is 10.3. The summed E-state index contributed by atoms with van der Waals surface area (Å²) in [7, 11) is 3.43. The zero-order valence-corrected chi connectivity index (χ0v) is 19.3. The minimum absolute atomic E-state index is 0. The van der Waals surface area contributed by atoms with Crippen molar-refractivity contribution >= 4 is 29.9 Å². The summed E-state index contributed by atoms with van der Waals surface area (Å²) in [5, 5.41) is 6.59. The monoisotopic (exact) mass is 507 g/mol. The highest BCUT2D eigenvalue weighted by Gasteiger charge is 2.15. The van der Waals surface area contributed by atoms with Gasteiger partial charge in [0.25, 0.3) is 0 Å². The van der Waals surface area contributed by atoms with Crippen molar-refractivity contribution in [2.75, 3.05) is 60.3 Å². The van der Waals surface area contributed by atoms with E-state index in [-0.39, 0.29) is 24.0 Å². The van der Waals surface area contributed by atoms with Crippen LogP contribution in [-0.2, 0) is 9.47 Å². The lowest BCUT2D eigenvalue weighted by Gasteiger charge is -2.13. The van der Waals surface area contributed by atoms with Crippen molar-refractivity contribution in [1.29, 1.82) is 0 Å². The molecule has 2 rings (SSSR count). The van der Waals surface area contributed by atoms with Crippen molar-refractivity contribution in [2.24, 2.45) is 10.9 Å². The van der Waals surface area contributed by atoms with Crippen LogP contribution < -0.4 is 20.1 Å². The van der Waals surface area contributed by atoms with Crippen molar-refractivity contribution in [3.8, 4) is 11.5 Å². The van der Waals surface area contributed by atoms with Crippen molar-refractivity contribution in [3.05, 3.63) is 24.3 Å². The predicted octanol–water partition coefficient (Wildman–Crippen LogP) is 2.69. The maximum absolute atomic E-state index is 5.73. The van der Waals surface area contributed by atoms with Crippen molar-refractivity contribution < 1.29 is 18.9 Å². The fourth-order valence-electron chi connectivity index (χ4n) is 2.73. The second-order valence-electron chi connectivity index (χ2n) is 6.46. The number of aliphatic imine (C=N–C) groups is 1. The third-order valence-corrected chi connectivity index (χ3v) is 4.28. The summed E-state index contributed by atoms with van der Waals surface area (Å²) in [4.78, 5) is 4.23. The molecule has 0 spiro atoms. The van der Waals surface area contributed by atoms with E-state index in [2.05, 4.69) is 15.6 Å². The molecule has 7 nitrogen and oxygen atoms in total. The first-order valence-electron chi connectivity index (χ1n) is 9.68. The molecule has 0 bridgehead atoms. The van der Waals surface area contributed by atoms with Gasteiger partial charge in [-0.3, -0.25) is 4.99 Å². The van der Waals surface area contributed by atoms with Gasteiger partial charge in [-0.05, 0) is 31.4 Å². The van der Waals surface area contributed by atoms with Gasteiger partial charge in [0.2, 0.25) is 0 Å². The van der Waals surface area contributed by atoms with Crippen LogP contribution in [0.1, 0.15) is 19.3 Å². The standard InChI is InChI=1S/C20H33N3O4.HI/c1-21-20(22-9-4-11-25-15-17-8-13-26-16-17)23-10-5-12-27-19-7-3-6-18(14-19)24-2;/h3,6-7,14,17H,4-5,8-13,15-16H2,1-2H3,(H2,21,22,23);1H. The van der Waals surface area contributed by atoms with Crippen molar-refractivity contribution in [2.45, 2.75) is 19.3 Å². The molecule has 1 aliphatic rings. The first kappa shape index (κ1) is 24.8. The number of methoxy groups -OCH3 is 1. The molecule has 1 aromatic carbocycles. The fourth-order valence-corrected chi connectivity index (χ4v) is 2.73. The number of ether oxygens (including phenoxy) is 4. The molecule has 1 saturated heterocycles. The van der Waals surface area contributed by atoms with E-state index in [1.54, 1.807) is 14.2 Å². The average molecular weight is 507 g/mol. The number of halogens is 1. The van der Waals surface area contributed by atoms with Gasteiger partial charge in [0.15, 0.2) is 5.96 Å². The van der Waals surface area contributed by atoms with Crippen LogP contribution in [0, 0.1) is 5.92 Å². The van der Waals surface area contributed by atoms with Crippen LogP contribution in [0.5, 0.6) is 11.5 Å². The van der Waals surface area contributed by atoms with E-state index in [9.17, 15) is 0 Å². The number of nitrogens with zero attached hydrogens (tertiary/aromatic N) is 1. The van der Waals surface area contributed by atoms with Crippen molar-refractivity contribution in [1.82, 2.24) is 10.6 Å². The van der Waals surface area contributed by atoms with Gasteiger partial charge in [-0.25, -0.2) is 0 Å². The smallest absolute Gasteiger partial charge is 0.190 e. The van der Waals surface area contributed by atoms with Crippen LogP contribution in [0.25, 0.3) is 0 Å². The number of benzene rings is 1. The molecule has 1 aliphatic heterocycles. The summed E-state index contributed by atoms with van der Waals surface area (Å²) in [6.45, 7) is 5.55. The molecular weight excluding hydrogens is 473 g/mol. The van der Waals surface area contributed by atoms with E-state index in [4.69, 9.17) is 18.9 Å². The molecule has 0 saturated carbocycles. The highest BCUT2D eigenvalue weighted by Crippen LogP contribution is 2.18. The van der Waals surface area contributed by atoms with Gasteiger partial charge in [0.05, 0.1) is 26.9 Å². The minimum Gasteiger partial charge on any atom is -0.497 e. The molecular formula is C20H34IN3O4. The SMILES string of the molecule is CN=C(NCCCOCC1CCOC1)NCCCOc1cccc(OC)c1.I. The highest BCUT2D eigenvalue weighted by atomic mass is 127. The average Bonchev–Trinajstić information content (AvgIpc) is 3.22. The second-order valence-corrected chi connectivity index (χ2v) is 6.46. The lowest BCUT2D eigenvalue weighted by atomic mass is 10.1. The van der Waals surface area contributed by atoms with Gasteiger partial charge in [0, 0.05) is 45.3 Å². The number of rotatable bonds is 12. The fraction of sp³-hybridized carbons (Fsp3) is 0.650. The lowest BCUT2D eigenvalue weighted by molar-refractivity contribution is 0.0888. The Labute approximate surface area is 185 Å². The highest BCUT2D eigenvalue weighted by molar-refractivity contribution is 14.0. The Kier molecular flexibility index (Phi) is 13.8. The number of nitrogens with one attached hydrogen (secondary N) is 2. The van der Waals surface area contributed by atoms with Crippen LogP contribution in [-0.4, -0.2) is 66.2 Å². The molecule has 1 fully saturated rings. The topological polar surface area (TPSA) is 73.3 Å². The van der Waals surface area contributed by atoms with Crippen LogP contribution in [0.3, 0.4) is 0 Å². The number of hydrogen-bond donors (Lipinski definition) is 2. The van der Waals surface area contributed by atoms with E-state index in [0.717, 1.165) is 76.2 Å². The zero-order valence-electron chi connectivity index (χ0n) is 16.9. The summed E-state index contributed by atoms with van der Waals surface area (Å²) < 4.78 is 22.0. The number of guanidine groups is 1. The normalized spacial score (nSPS) is 16.4. The summed E-state index contributed by atoms with van der Waals surface area (Å²) in [6, 6.07) is 7.63. The maximum atomic E-state index is 5.73. The third-order valence-electron chi connectivity index (χ3n) is 4.28. The Morgan fingerprint density at radius 1 is 1.18 bits per heavy atom. The van der Waals surface area contributed by atoms with Crippen LogP contribution in [0.4, 0.5) is 0 Å². The summed E-state index contributed by atoms with van der Waals surface area (Å²) in [6.07, 6.45) is 2.95. The minimum atomic E-state index is 0. The Balaban J connectivity index is 0.00000392. The van der Waals surface area contributed by atoms with E-state index >= 15 is 0 Å². The molecule has 2 N–H and O–H groups in total. The molecule has 8 heteroatoms. The quantitative estimate of drug-likeness (QED) is 0.196. The van der Waals surface area contributed by atoms with E-state index in [0.29, 0.717) is 12.5 Å². The summed E-state index contributed by atoms with van der Waals surface area (Å²) in [5.41, 5.74) is 0. The molecule has 0 aromatic heterocycles. The van der Waals surface area contributed by atoms with Crippen LogP contribution >= 0.6 is 24.0 Å². The molecule has 1 unspecified atom stereocenters. The Bertz CT molecular complexity index is 554. The summed E-state index contributed by atoms with van der Waals surface area (Å²) >= 11 is 0. The van der Waals surface area contributed by atoms with Gasteiger partial charge in [-0.15, -0.1) is 24.0 Å². The van der Waals surface area contributed by atoms with Gasteiger partial charge >= 0.3 is 0 Å². The van der Waals surface area contributed by atoms with E-state index < -0.39 is 0 Å². The summed E-state index contributed by atoms with van der Waals surface area (Å²) in [5.74, 6) is 3.00. The number of hydrogen-bond acceptors (Lipinski definition) is 5. The molecule has 160 valence electrons. The molecule has 0 aliphatic carbocycles. The Hall–Kier alpha value is -1.26. The van der Waals surface area contributed by atoms with Gasteiger partial charge in [0.1, 0.15) is 11.5 Å². The Morgan fingerprint density at radius 2 is 1.93 bits per heavy atom.